The number of carbonyl (C=O) groups excluding carboxylic acids is 11. The summed E-state index contributed by atoms with van der Waals surface area (Å²) in [6.45, 7) is 11.2. The molecule has 4 aliphatic heterocycles. The molecule has 4 aliphatic rings. The summed E-state index contributed by atoms with van der Waals surface area (Å²) in [5.74, 6) is -9.04. The topological polar surface area (TPSA) is 365 Å². The van der Waals surface area contributed by atoms with Crippen LogP contribution in [0.3, 0.4) is 0 Å². The zero-order valence-electron chi connectivity index (χ0n) is 50.5. The molecule has 0 aromatic heterocycles. The fraction of sp³-hybridized carbons (Fsp3) is 0.508. The standard InChI is InChI=1S/C63H86N12O11S/c1-35(2)30-45-58(81)71-46(31-38-16-8-7-9-17-38)59(82)73-51(36(3)4)62(85)72-47(33-50(66)76)60(83)74-52(37(5)6)63(86)75-29-15-22-48(75)61(84)69-43(20-10-12-27-64)56(79)67-34-40-25-23-39(24-26-40)32-49-53(77)41-18-14-19-42(54(41)87-49)55(78)68-44(57(80)70-45)21-11-13-28-65/h7-9,14,16-19,23-26,32,35-37,43-48,51-52H,10-13,15,20-22,27-31,33-34,64-65H2,1-6H3,(H2,66,76)(H,67,79)(H,68,78)(H,69,84)(H,70,80)(H,71,81)(H,72,85)(H,73,82)(H,74,83)/b49-32+/t43-,44-,45-,46-,47-,48-,51-,52-/m0/s1. The Kier molecular flexibility index (Phi) is 25.6. The van der Waals surface area contributed by atoms with Crippen molar-refractivity contribution in [2.75, 3.05) is 19.6 Å². The first-order chi connectivity index (χ1) is 41.5. The van der Waals surface area contributed by atoms with Gasteiger partial charge in [-0.25, -0.2) is 0 Å². The maximum absolute atomic E-state index is 14.6. The summed E-state index contributed by atoms with van der Waals surface area (Å²) < 4.78 is 0. The molecule has 0 spiro atoms. The van der Waals surface area contributed by atoms with Gasteiger partial charge in [-0.3, -0.25) is 52.7 Å². The molecule has 0 radical (unpaired) electrons. The molecule has 0 saturated carbocycles. The summed E-state index contributed by atoms with van der Waals surface area (Å²) in [4.78, 5) is 158. The number of unbranched alkanes of at least 4 members (excludes halogenated alkanes) is 2. The van der Waals surface area contributed by atoms with Crippen LogP contribution in [-0.4, -0.2) is 138 Å². The number of hydrogen-bond acceptors (Lipinski definition) is 14. The van der Waals surface area contributed by atoms with E-state index in [0.29, 0.717) is 77.2 Å². The van der Waals surface area contributed by atoms with Crippen molar-refractivity contribution in [3.8, 4) is 0 Å². The number of carbonyl (C=O) groups is 11. The van der Waals surface area contributed by atoms with Crippen molar-refractivity contribution in [2.45, 2.75) is 172 Å². The highest BCUT2D eigenvalue weighted by atomic mass is 32.2. The number of fused-ring (bicyclic) bond motifs is 25. The second-order valence-electron chi connectivity index (χ2n) is 23.6. The van der Waals surface area contributed by atoms with Crippen molar-refractivity contribution < 1.29 is 52.7 Å². The Bertz CT molecular complexity index is 3010. The molecule has 10 amide bonds. The molecule has 1 fully saturated rings. The van der Waals surface area contributed by atoms with Gasteiger partial charge >= 0.3 is 0 Å². The average molecular weight is 1220 g/mol. The summed E-state index contributed by atoms with van der Waals surface area (Å²) >= 11 is 1.11. The molecule has 3 aromatic rings. The number of amides is 10. The predicted molar refractivity (Wildman–Crippen MR) is 329 cm³/mol. The summed E-state index contributed by atoms with van der Waals surface area (Å²) in [7, 11) is 0. The Balaban J connectivity index is 1.37. The SMILES string of the molecule is CC(C)C[C@@H]1NC(=O)[C@H](CCCCN)NC(=O)c2cccc3c2S/C(=C/c2ccc(cc2)CNC(=O)[C@H](CCCCN)NC(=O)[C@@H]2CCCN2C(=O)[C@H](C(C)C)NC(=O)[C@H](CC(N)=O)NC(=O)[C@H](C(C)C)NC(=O)[C@H](Cc2ccccc2)NC1=O)C3=O. The molecule has 23 nitrogen and oxygen atoms in total. The number of Topliss-reactive ketones (excluding diaryl/α,β-unsaturated/α-hetero) is 1. The molecule has 87 heavy (non-hydrogen) atoms. The number of nitrogens with zero attached hydrogens (tertiary/aromatic N) is 1. The Morgan fingerprint density at radius 1 is 0.586 bits per heavy atom. The third kappa shape index (κ3) is 19.3. The number of benzene rings is 3. The lowest BCUT2D eigenvalue weighted by Gasteiger charge is -2.32. The molecular formula is C63H86N12O11S. The number of thioether (sulfide) groups is 1. The van der Waals surface area contributed by atoms with E-state index >= 15 is 0 Å². The molecule has 7 rings (SSSR count). The smallest absolute Gasteiger partial charge is 0.253 e. The van der Waals surface area contributed by atoms with Crippen molar-refractivity contribution in [1.82, 2.24) is 47.4 Å². The lowest BCUT2D eigenvalue weighted by atomic mass is 9.98. The van der Waals surface area contributed by atoms with Gasteiger partial charge < -0.3 is 64.6 Å². The van der Waals surface area contributed by atoms with Crippen LogP contribution in [0.4, 0.5) is 0 Å². The van der Waals surface area contributed by atoms with Crippen molar-refractivity contribution in [3.63, 3.8) is 0 Å². The van der Waals surface area contributed by atoms with Crippen molar-refractivity contribution in [1.29, 1.82) is 0 Å². The molecule has 4 bridgehead atoms. The van der Waals surface area contributed by atoms with E-state index in [4.69, 9.17) is 17.2 Å². The van der Waals surface area contributed by atoms with Gasteiger partial charge in [0.05, 0.1) is 16.9 Å². The Morgan fingerprint density at radius 2 is 1.15 bits per heavy atom. The monoisotopic (exact) mass is 1220 g/mol. The van der Waals surface area contributed by atoms with Crippen LogP contribution in [0.1, 0.15) is 143 Å². The van der Waals surface area contributed by atoms with Gasteiger partial charge in [0.15, 0.2) is 0 Å². The van der Waals surface area contributed by atoms with Gasteiger partial charge in [-0.15, -0.1) is 0 Å². The van der Waals surface area contributed by atoms with E-state index in [0.717, 1.165) is 11.8 Å². The highest BCUT2D eigenvalue weighted by molar-refractivity contribution is 8.05. The van der Waals surface area contributed by atoms with Crippen LogP contribution in [0.2, 0.25) is 0 Å². The fourth-order valence-corrected chi connectivity index (χ4v) is 11.8. The molecular weight excluding hydrogens is 1130 g/mol. The van der Waals surface area contributed by atoms with E-state index in [1.165, 1.54) is 4.90 Å². The average Bonchev–Trinajstić information content (AvgIpc) is 2.51. The minimum Gasteiger partial charge on any atom is -0.370 e. The van der Waals surface area contributed by atoms with Crippen LogP contribution in [-0.2, 0) is 56.1 Å². The van der Waals surface area contributed by atoms with Gasteiger partial charge in [0.1, 0.15) is 48.3 Å². The largest absolute Gasteiger partial charge is 0.370 e. The summed E-state index contributed by atoms with van der Waals surface area (Å²) in [6.07, 6.45) is 4.12. The summed E-state index contributed by atoms with van der Waals surface area (Å²) in [6, 6.07) is 10.6. The number of primary amides is 1. The fourth-order valence-electron chi connectivity index (χ4n) is 10.6. The number of nitrogens with one attached hydrogen (secondary N) is 8. The number of nitrogens with two attached hydrogens (primary N) is 3. The van der Waals surface area contributed by atoms with Gasteiger partial charge in [0.2, 0.25) is 58.9 Å². The Labute approximate surface area is 512 Å². The molecule has 14 N–H and O–H groups in total. The maximum atomic E-state index is 14.6. The first kappa shape index (κ1) is 68.2. The highest BCUT2D eigenvalue weighted by Gasteiger charge is 2.42. The van der Waals surface area contributed by atoms with Gasteiger partial charge in [0, 0.05) is 30.0 Å². The van der Waals surface area contributed by atoms with E-state index in [2.05, 4.69) is 42.5 Å². The number of ketones is 1. The summed E-state index contributed by atoms with van der Waals surface area (Å²) in [5, 5.41) is 22.3. The van der Waals surface area contributed by atoms with Crippen LogP contribution >= 0.6 is 11.8 Å². The molecule has 0 aliphatic carbocycles. The van der Waals surface area contributed by atoms with Crippen LogP contribution in [0, 0.1) is 17.8 Å². The van der Waals surface area contributed by atoms with Gasteiger partial charge in [0.25, 0.3) is 5.91 Å². The molecule has 1 saturated heterocycles. The van der Waals surface area contributed by atoms with Crippen molar-refractivity contribution >= 4 is 82.7 Å². The first-order valence-corrected chi connectivity index (χ1v) is 30.9. The van der Waals surface area contributed by atoms with Crippen LogP contribution in [0.15, 0.2) is 82.6 Å². The van der Waals surface area contributed by atoms with Crippen LogP contribution in [0.5, 0.6) is 0 Å². The lowest BCUT2D eigenvalue weighted by Crippen LogP contribution is -2.62. The second-order valence-corrected chi connectivity index (χ2v) is 24.6. The lowest BCUT2D eigenvalue weighted by molar-refractivity contribution is -0.143. The molecule has 4 heterocycles. The normalized spacial score (nSPS) is 24.1. The zero-order valence-corrected chi connectivity index (χ0v) is 51.4. The number of rotatable bonds is 16. The highest BCUT2D eigenvalue weighted by Crippen LogP contribution is 2.43. The number of allylic oxidation sites excluding steroid dienone is 1. The minimum atomic E-state index is -1.65. The third-order valence-electron chi connectivity index (χ3n) is 15.4. The predicted octanol–water partition coefficient (Wildman–Crippen LogP) is 2.38. The van der Waals surface area contributed by atoms with E-state index in [1.54, 1.807) is 107 Å². The number of hydrogen-bond donors (Lipinski definition) is 11. The maximum Gasteiger partial charge on any atom is 0.253 e. The van der Waals surface area contributed by atoms with Crippen molar-refractivity contribution in [2.24, 2.45) is 35.0 Å². The van der Waals surface area contributed by atoms with Crippen LogP contribution in [0.25, 0.3) is 6.08 Å². The van der Waals surface area contributed by atoms with Gasteiger partial charge in [-0.05, 0) is 124 Å². The molecule has 24 heteroatoms. The zero-order chi connectivity index (χ0) is 63.5. The third-order valence-corrected chi connectivity index (χ3v) is 16.6. The Morgan fingerprint density at radius 3 is 1.77 bits per heavy atom. The van der Waals surface area contributed by atoms with E-state index < -0.39 is 126 Å². The van der Waals surface area contributed by atoms with Crippen LogP contribution < -0.4 is 59.7 Å². The molecule has 0 unspecified atom stereocenters. The summed E-state index contributed by atoms with van der Waals surface area (Å²) in [5.41, 5.74) is 19.7. The van der Waals surface area contributed by atoms with E-state index in [-0.39, 0.29) is 62.5 Å². The second kappa shape index (κ2) is 32.7. The molecule has 3 aromatic carbocycles. The van der Waals surface area contributed by atoms with Gasteiger partial charge in [-0.1, -0.05) is 114 Å². The van der Waals surface area contributed by atoms with E-state index in [9.17, 15) is 52.7 Å². The van der Waals surface area contributed by atoms with Gasteiger partial charge in [-0.2, -0.15) is 0 Å². The molecule has 470 valence electrons. The quantitative estimate of drug-likeness (QED) is 0.0725. The first-order valence-electron chi connectivity index (χ1n) is 30.1. The van der Waals surface area contributed by atoms with E-state index in [1.807, 2.05) is 13.8 Å². The van der Waals surface area contributed by atoms with Crippen molar-refractivity contribution in [3.05, 3.63) is 106 Å². The minimum absolute atomic E-state index is 0.0718. The molecule has 8 atom stereocenters. The Hall–Kier alpha value is -7.96.